The molecule has 0 unspecified atom stereocenters. The average Bonchev–Trinajstić information content (AvgIpc) is 3.69. The van der Waals surface area contributed by atoms with Gasteiger partial charge in [-0.3, -0.25) is 4.79 Å². The van der Waals surface area contributed by atoms with Crippen LogP contribution in [0.3, 0.4) is 0 Å². The molecule has 3 aliphatic rings. The number of benzene rings is 4. The number of hydrogen-bond acceptors (Lipinski definition) is 10. The zero-order valence-corrected chi connectivity index (χ0v) is 25.7. The number of rotatable bonds is 9. The van der Waals surface area contributed by atoms with Crippen LogP contribution < -0.4 is 23.7 Å². The summed E-state index contributed by atoms with van der Waals surface area (Å²) in [4.78, 5) is 39.1. The summed E-state index contributed by atoms with van der Waals surface area (Å²) in [5, 5.41) is 0. The van der Waals surface area contributed by atoms with Crippen LogP contribution in [0.25, 0.3) is 22.3 Å². The Labute approximate surface area is 264 Å². The van der Waals surface area contributed by atoms with Crippen molar-refractivity contribution in [1.29, 1.82) is 0 Å². The fourth-order valence-electron chi connectivity index (χ4n) is 6.41. The van der Waals surface area contributed by atoms with Crippen molar-refractivity contribution in [2.75, 3.05) is 28.4 Å². The van der Waals surface area contributed by atoms with Crippen molar-refractivity contribution in [3.63, 3.8) is 0 Å². The predicted molar refractivity (Wildman–Crippen MR) is 165 cm³/mol. The molecule has 0 atom stereocenters. The van der Waals surface area contributed by atoms with Crippen molar-refractivity contribution in [3.05, 3.63) is 88.5 Å². The Balaban J connectivity index is 1.35. The first kappa shape index (κ1) is 29.2. The summed E-state index contributed by atoms with van der Waals surface area (Å²) in [7, 11) is 6.03. The van der Waals surface area contributed by atoms with E-state index in [4.69, 9.17) is 33.2 Å². The summed E-state index contributed by atoms with van der Waals surface area (Å²) in [6.45, 7) is 0.249. The minimum absolute atomic E-state index is 0.0968. The molecule has 1 fully saturated rings. The molecule has 10 heteroatoms. The van der Waals surface area contributed by atoms with Crippen molar-refractivity contribution in [2.24, 2.45) is 0 Å². The van der Waals surface area contributed by atoms with Gasteiger partial charge in [0.15, 0.2) is 23.0 Å². The van der Waals surface area contributed by atoms with E-state index in [2.05, 4.69) is 0 Å². The van der Waals surface area contributed by atoms with E-state index in [9.17, 15) is 14.4 Å². The molecule has 0 radical (unpaired) electrons. The maximum atomic E-state index is 14.4. The second kappa shape index (κ2) is 11.1. The van der Waals surface area contributed by atoms with Gasteiger partial charge >= 0.3 is 17.9 Å². The quantitative estimate of drug-likeness (QED) is 0.162. The van der Waals surface area contributed by atoms with Crippen LogP contribution >= 0.6 is 0 Å². The highest BCUT2D eigenvalue weighted by molar-refractivity contribution is 5.98. The number of hydrogen-bond donors (Lipinski definition) is 0. The van der Waals surface area contributed by atoms with E-state index in [-0.39, 0.29) is 30.7 Å². The highest BCUT2D eigenvalue weighted by Gasteiger charge is 2.56. The molecule has 2 aliphatic heterocycles. The molecule has 0 N–H and O–H groups in total. The lowest BCUT2D eigenvalue weighted by molar-refractivity contribution is -0.137. The summed E-state index contributed by atoms with van der Waals surface area (Å²) in [6.07, 6.45) is 0.988. The summed E-state index contributed by atoms with van der Waals surface area (Å²) >= 11 is 0. The molecule has 46 heavy (non-hydrogen) atoms. The first-order valence-electron chi connectivity index (χ1n) is 14.7. The van der Waals surface area contributed by atoms with E-state index in [0.717, 1.165) is 16.7 Å². The van der Waals surface area contributed by atoms with E-state index in [1.54, 1.807) is 36.4 Å². The third-order valence-corrected chi connectivity index (χ3v) is 8.92. The largest absolute Gasteiger partial charge is 0.493 e. The summed E-state index contributed by atoms with van der Waals surface area (Å²) in [5.41, 5.74) is 4.70. The van der Waals surface area contributed by atoms with E-state index in [0.29, 0.717) is 63.5 Å². The van der Waals surface area contributed by atoms with Gasteiger partial charge < -0.3 is 33.2 Å². The summed E-state index contributed by atoms with van der Waals surface area (Å²) in [6, 6.07) is 18.0. The molecule has 0 aromatic heterocycles. The lowest BCUT2D eigenvalue weighted by Gasteiger charge is -2.23. The van der Waals surface area contributed by atoms with E-state index in [1.165, 1.54) is 28.4 Å². The van der Waals surface area contributed by atoms with Gasteiger partial charge in [-0.05, 0) is 65.9 Å². The first-order chi connectivity index (χ1) is 22.3. The molecule has 10 nitrogen and oxygen atoms in total. The normalized spacial score (nSPS) is 15.3. The molecule has 7 rings (SSSR count). The number of fused-ring (bicyclic) bond motifs is 2. The lowest BCUT2D eigenvalue weighted by Crippen LogP contribution is -2.27. The first-order valence-corrected chi connectivity index (χ1v) is 14.7. The van der Waals surface area contributed by atoms with Crippen molar-refractivity contribution < 1.29 is 47.5 Å². The molecule has 1 saturated carbocycles. The molecule has 4 aromatic carbocycles. The molecule has 4 aromatic rings. The molecular formula is C36H30O10. The molecule has 0 amide bonds. The van der Waals surface area contributed by atoms with Gasteiger partial charge in [0.2, 0.25) is 5.75 Å². The molecule has 234 valence electrons. The SMILES string of the molecule is COc1cc(-c2cccc3c2COC3=O)cc(C2(C(=O)Oc3c(-c4cccc5c4COC5=O)ccc(OC)c3OC)CC2)c1OC. The number of methoxy groups -OCH3 is 4. The lowest BCUT2D eigenvalue weighted by atomic mass is 9.89. The minimum Gasteiger partial charge on any atom is -0.493 e. The Bertz CT molecular complexity index is 1940. The molecule has 1 aliphatic carbocycles. The molecule has 0 bridgehead atoms. The number of carbonyl (C=O) groups excluding carboxylic acids is 3. The Morgan fingerprint density at radius 3 is 1.80 bits per heavy atom. The molecule has 2 heterocycles. The van der Waals surface area contributed by atoms with Crippen LogP contribution in [0.1, 0.15) is 50.2 Å². The van der Waals surface area contributed by atoms with Crippen molar-refractivity contribution in [1.82, 2.24) is 0 Å². The predicted octanol–water partition coefficient (Wildman–Crippen LogP) is 6.03. The van der Waals surface area contributed by atoms with E-state index in [1.807, 2.05) is 24.3 Å². The van der Waals surface area contributed by atoms with Crippen LogP contribution in [0.15, 0.2) is 60.7 Å². The van der Waals surface area contributed by atoms with Gasteiger partial charge in [0.25, 0.3) is 0 Å². The number of carbonyl (C=O) groups is 3. The number of ether oxygens (including phenoxy) is 7. The van der Waals surface area contributed by atoms with Crippen LogP contribution in [-0.4, -0.2) is 46.3 Å². The smallest absolute Gasteiger partial charge is 0.338 e. The number of esters is 3. The van der Waals surface area contributed by atoms with E-state index < -0.39 is 17.4 Å². The maximum absolute atomic E-state index is 14.4. The Morgan fingerprint density at radius 1 is 0.630 bits per heavy atom. The summed E-state index contributed by atoms with van der Waals surface area (Å²) in [5.74, 6) is 0.302. The Morgan fingerprint density at radius 2 is 1.22 bits per heavy atom. The van der Waals surface area contributed by atoms with Crippen molar-refractivity contribution in [3.8, 4) is 51.0 Å². The zero-order chi connectivity index (χ0) is 32.2. The third-order valence-electron chi connectivity index (χ3n) is 8.92. The van der Waals surface area contributed by atoms with Crippen molar-refractivity contribution >= 4 is 17.9 Å². The van der Waals surface area contributed by atoms with Crippen molar-refractivity contribution in [2.45, 2.75) is 31.5 Å². The van der Waals surface area contributed by atoms with E-state index >= 15 is 0 Å². The maximum Gasteiger partial charge on any atom is 0.338 e. The van der Waals surface area contributed by atoms with Crippen LogP contribution in [0.2, 0.25) is 0 Å². The van der Waals surface area contributed by atoms with Gasteiger partial charge in [-0.15, -0.1) is 0 Å². The second-order valence-electron chi connectivity index (χ2n) is 11.2. The fourth-order valence-corrected chi connectivity index (χ4v) is 6.41. The van der Waals surface area contributed by atoms with Gasteiger partial charge in [-0.1, -0.05) is 24.3 Å². The zero-order valence-electron chi connectivity index (χ0n) is 25.7. The highest BCUT2D eigenvalue weighted by atomic mass is 16.6. The van der Waals surface area contributed by atoms with Gasteiger partial charge in [0, 0.05) is 22.3 Å². The molecular weight excluding hydrogens is 592 g/mol. The van der Waals surface area contributed by atoms with Gasteiger partial charge in [0.05, 0.1) is 45.0 Å². The van der Waals surface area contributed by atoms with Crippen LogP contribution in [0.5, 0.6) is 28.7 Å². The summed E-state index contributed by atoms with van der Waals surface area (Å²) < 4.78 is 39.8. The third kappa shape index (κ3) is 4.43. The Kier molecular flexibility index (Phi) is 7.07. The Hall–Kier alpha value is -5.51. The molecule has 0 saturated heterocycles. The van der Waals surface area contributed by atoms with Gasteiger partial charge in [0.1, 0.15) is 13.2 Å². The highest BCUT2D eigenvalue weighted by Crippen LogP contribution is 2.57. The monoisotopic (exact) mass is 622 g/mol. The van der Waals surface area contributed by atoms with Gasteiger partial charge in [-0.25, -0.2) is 9.59 Å². The van der Waals surface area contributed by atoms with Crippen LogP contribution in [-0.2, 0) is 32.9 Å². The molecule has 0 spiro atoms. The van der Waals surface area contributed by atoms with Gasteiger partial charge in [-0.2, -0.15) is 0 Å². The standard InChI is InChI=1S/C36H30O10/c1-40-28-12-11-22(21-8-6-10-24-26(21)18-45-34(24)38)30(32(28)43-4)46-35(39)36(13-14-36)27-15-19(16-29(41-2)31(27)42-3)20-7-5-9-23-25(20)17-44-33(23)37/h5-12,15-16H,13-14,17-18H2,1-4H3. The topological polar surface area (TPSA) is 116 Å². The van der Waals surface area contributed by atoms with Crippen LogP contribution in [0.4, 0.5) is 0 Å². The fraction of sp³-hybridized carbons (Fsp3) is 0.250. The minimum atomic E-state index is -1.07. The second-order valence-corrected chi connectivity index (χ2v) is 11.2. The average molecular weight is 623 g/mol. The van der Waals surface area contributed by atoms with Crippen LogP contribution in [0, 0.1) is 0 Å². The number of cyclic esters (lactones) is 2.